The summed E-state index contributed by atoms with van der Waals surface area (Å²) >= 11 is 0. The van der Waals surface area contributed by atoms with Crippen LogP contribution in [0.5, 0.6) is 0 Å². The minimum absolute atomic E-state index is 0.425. The first-order valence-electron chi connectivity index (χ1n) is 8.59. The summed E-state index contributed by atoms with van der Waals surface area (Å²) in [6, 6.07) is 11.0. The Hall–Kier alpha value is -1.30. The van der Waals surface area contributed by atoms with Gasteiger partial charge in [-0.1, -0.05) is 73.9 Å². The highest BCUT2D eigenvalue weighted by Gasteiger charge is 2.41. The molecule has 21 heavy (non-hydrogen) atoms. The first-order chi connectivity index (χ1) is 10.1. The summed E-state index contributed by atoms with van der Waals surface area (Å²) in [4.78, 5) is 0. The molecule has 0 radical (unpaired) electrons. The normalized spacial score (nSPS) is 28.5. The second kappa shape index (κ2) is 5.83. The Bertz CT molecular complexity index is 561. The van der Waals surface area contributed by atoms with Crippen LogP contribution < -0.4 is 0 Å². The summed E-state index contributed by atoms with van der Waals surface area (Å²) in [7, 11) is 0. The fourth-order valence-electron chi connectivity index (χ4n) is 4.47. The van der Waals surface area contributed by atoms with Crippen LogP contribution in [0.15, 0.2) is 53.1 Å². The van der Waals surface area contributed by atoms with E-state index in [0.717, 1.165) is 12.3 Å². The van der Waals surface area contributed by atoms with E-state index in [9.17, 15) is 0 Å². The molecule has 0 fully saturated rings. The quantitative estimate of drug-likeness (QED) is 0.585. The molecule has 0 bridgehead atoms. The molecule has 1 aromatic rings. The van der Waals surface area contributed by atoms with Gasteiger partial charge < -0.3 is 0 Å². The van der Waals surface area contributed by atoms with Crippen LogP contribution in [0.4, 0.5) is 0 Å². The third kappa shape index (κ3) is 2.86. The predicted molar refractivity (Wildman–Crippen MR) is 91.3 cm³/mol. The zero-order valence-corrected chi connectivity index (χ0v) is 13.8. The van der Waals surface area contributed by atoms with Crippen molar-refractivity contribution in [1.82, 2.24) is 0 Å². The molecule has 2 aliphatic rings. The summed E-state index contributed by atoms with van der Waals surface area (Å²) in [5.74, 6) is 0.849. The third-order valence-electron chi connectivity index (χ3n) is 5.69. The van der Waals surface area contributed by atoms with Crippen molar-refractivity contribution in [3.63, 3.8) is 0 Å². The van der Waals surface area contributed by atoms with Crippen molar-refractivity contribution in [3.8, 4) is 0 Å². The molecule has 2 atom stereocenters. The van der Waals surface area contributed by atoms with E-state index in [1.54, 1.807) is 16.7 Å². The molecular weight excluding hydrogens is 252 g/mol. The highest BCUT2D eigenvalue weighted by molar-refractivity contribution is 5.33. The van der Waals surface area contributed by atoms with Crippen molar-refractivity contribution in [1.29, 1.82) is 0 Å². The van der Waals surface area contributed by atoms with Gasteiger partial charge in [0.05, 0.1) is 0 Å². The SMILES string of the molecule is CCC1=C(CC)C[C@@]2(C)C=C(Cc3ccccc3)C[C@H]2C1. The molecule has 0 heterocycles. The van der Waals surface area contributed by atoms with Gasteiger partial charge >= 0.3 is 0 Å². The van der Waals surface area contributed by atoms with Gasteiger partial charge in [0, 0.05) is 0 Å². The van der Waals surface area contributed by atoms with E-state index in [0.29, 0.717) is 5.41 Å². The maximum Gasteiger partial charge on any atom is -0.00668 e. The van der Waals surface area contributed by atoms with Crippen LogP contribution in [0.25, 0.3) is 0 Å². The molecule has 0 unspecified atom stereocenters. The zero-order valence-electron chi connectivity index (χ0n) is 13.8. The van der Waals surface area contributed by atoms with Crippen molar-refractivity contribution in [3.05, 3.63) is 58.7 Å². The minimum Gasteiger partial charge on any atom is -0.0784 e. The molecule has 0 aromatic heterocycles. The largest absolute Gasteiger partial charge is 0.0784 e. The standard InChI is InChI=1S/C21H28/c1-4-18-13-20-12-17(11-16-9-7-6-8-10-16)14-21(20,3)15-19(18)5-2/h6-10,14,20H,4-5,11-13,15H2,1-3H3/t20-,21+/m0/s1. The predicted octanol–water partition coefficient (Wildman–Crippen LogP) is 6.09. The van der Waals surface area contributed by atoms with Gasteiger partial charge in [0.25, 0.3) is 0 Å². The van der Waals surface area contributed by atoms with E-state index in [4.69, 9.17) is 0 Å². The highest BCUT2D eigenvalue weighted by atomic mass is 14.5. The Morgan fingerprint density at radius 2 is 1.71 bits per heavy atom. The Morgan fingerprint density at radius 1 is 1.00 bits per heavy atom. The first-order valence-corrected chi connectivity index (χ1v) is 8.59. The monoisotopic (exact) mass is 280 g/mol. The third-order valence-corrected chi connectivity index (χ3v) is 5.69. The molecule has 3 rings (SSSR count). The van der Waals surface area contributed by atoms with Gasteiger partial charge in [-0.05, 0) is 55.4 Å². The van der Waals surface area contributed by atoms with Crippen LogP contribution >= 0.6 is 0 Å². The van der Waals surface area contributed by atoms with Crippen molar-refractivity contribution in [2.75, 3.05) is 0 Å². The summed E-state index contributed by atoms with van der Waals surface area (Å²) in [6.07, 6.45) is 10.2. The highest BCUT2D eigenvalue weighted by Crippen LogP contribution is 2.53. The fourth-order valence-corrected chi connectivity index (χ4v) is 4.47. The molecule has 0 nitrogen and oxygen atoms in total. The number of hydrogen-bond acceptors (Lipinski definition) is 0. The van der Waals surface area contributed by atoms with Crippen molar-refractivity contribution in [2.45, 2.75) is 59.3 Å². The molecule has 0 N–H and O–H groups in total. The number of rotatable bonds is 4. The lowest BCUT2D eigenvalue weighted by atomic mass is 9.66. The van der Waals surface area contributed by atoms with Crippen LogP contribution in [-0.2, 0) is 6.42 Å². The molecule has 0 saturated carbocycles. The van der Waals surface area contributed by atoms with Crippen LogP contribution in [0, 0.1) is 11.3 Å². The number of benzene rings is 1. The van der Waals surface area contributed by atoms with Crippen LogP contribution in [0.2, 0.25) is 0 Å². The Balaban J connectivity index is 1.78. The lowest BCUT2D eigenvalue weighted by molar-refractivity contribution is 0.249. The second-order valence-corrected chi connectivity index (χ2v) is 7.17. The number of fused-ring (bicyclic) bond motifs is 1. The van der Waals surface area contributed by atoms with Crippen molar-refractivity contribution >= 4 is 0 Å². The minimum atomic E-state index is 0.425. The van der Waals surface area contributed by atoms with Crippen molar-refractivity contribution in [2.24, 2.45) is 11.3 Å². The van der Waals surface area contributed by atoms with E-state index in [-0.39, 0.29) is 0 Å². The van der Waals surface area contributed by atoms with Gasteiger partial charge in [-0.2, -0.15) is 0 Å². The molecule has 0 aliphatic heterocycles. The maximum atomic E-state index is 2.63. The van der Waals surface area contributed by atoms with Gasteiger partial charge in [-0.3, -0.25) is 0 Å². The smallest absolute Gasteiger partial charge is 0.00668 e. The summed E-state index contributed by atoms with van der Waals surface area (Å²) in [6.45, 7) is 7.16. The van der Waals surface area contributed by atoms with E-state index in [1.165, 1.54) is 37.7 Å². The Labute approximate surface area is 130 Å². The van der Waals surface area contributed by atoms with E-state index >= 15 is 0 Å². The lowest BCUT2D eigenvalue weighted by Crippen LogP contribution is -2.27. The molecule has 2 aliphatic carbocycles. The van der Waals surface area contributed by atoms with Gasteiger partial charge in [-0.15, -0.1) is 0 Å². The van der Waals surface area contributed by atoms with Gasteiger partial charge in [0.15, 0.2) is 0 Å². The zero-order chi connectivity index (χ0) is 14.9. The molecule has 0 amide bonds. The second-order valence-electron chi connectivity index (χ2n) is 7.17. The molecule has 112 valence electrons. The molecule has 0 spiro atoms. The number of allylic oxidation sites excluding steroid dienone is 4. The van der Waals surface area contributed by atoms with Crippen LogP contribution in [0.3, 0.4) is 0 Å². The van der Waals surface area contributed by atoms with Crippen LogP contribution in [0.1, 0.15) is 58.4 Å². The Morgan fingerprint density at radius 3 is 2.38 bits per heavy atom. The molecular formula is C21H28. The average Bonchev–Trinajstić information content (AvgIpc) is 2.81. The topological polar surface area (TPSA) is 0 Å². The van der Waals surface area contributed by atoms with Crippen molar-refractivity contribution < 1.29 is 0 Å². The Kier molecular flexibility index (Phi) is 4.06. The summed E-state index contributed by atoms with van der Waals surface area (Å²) < 4.78 is 0. The fraction of sp³-hybridized carbons (Fsp3) is 0.524. The summed E-state index contributed by atoms with van der Waals surface area (Å²) in [5.41, 5.74) is 7.06. The summed E-state index contributed by atoms with van der Waals surface area (Å²) in [5, 5.41) is 0. The molecule has 1 aromatic carbocycles. The molecule has 0 heteroatoms. The van der Waals surface area contributed by atoms with E-state index in [1.807, 2.05) is 0 Å². The van der Waals surface area contributed by atoms with Crippen LogP contribution in [-0.4, -0.2) is 0 Å². The van der Waals surface area contributed by atoms with Gasteiger partial charge in [-0.25, -0.2) is 0 Å². The van der Waals surface area contributed by atoms with Gasteiger partial charge in [0.1, 0.15) is 0 Å². The maximum absolute atomic E-state index is 2.63. The number of hydrogen-bond donors (Lipinski definition) is 0. The average molecular weight is 280 g/mol. The van der Waals surface area contributed by atoms with Gasteiger partial charge in [0.2, 0.25) is 0 Å². The lowest BCUT2D eigenvalue weighted by Gasteiger charge is -2.38. The van der Waals surface area contributed by atoms with E-state index < -0.39 is 0 Å². The molecule has 0 saturated heterocycles. The first kappa shape index (κ1) is 14.6. The van der Waals surface area contributed by atoms with E-state index in [2.05, 4.69) is 57.2 Å².